The van der Waals surface area contributed by atoms with Gasteiger partial charge >= 0.3 is 12.1 Å². The van der Waals surface area contributed by atoms with Gasteiger partial charge in [0.25, 0.3) is 0 Å². The van der Waals surface area contributed by atoms with Crippen molar-refractivity contribution in [3.63, 3.8) is 0 Å². The third-order valence-corrected chi connectivity index (χ3v) is 3.66. The molecule has 1 aromatic heterocycles. The topological polar surface area (TPSA) is 72.7 Å². The maximum absolute atomic E-state index is 12.6. The number of halogens is 3. The van der Waals surface area contributed by atoms with Crippen LogP contribution in [0.2, 0.25) is 0 Å². The SMILES string of the molecule is CCC(C)(NC(=O)C(F)(F)F)c1nnnn1-c1ccccc1C. The van der Waals surface area contributed by atoms with Crippen LogP contribution in [0.4, 0.5) is 13.2 Å². The molecule has 1 amide bonds. The molecule has 1 unspecified atom stereocenters. The van der Waals surface area contributed by atoms with E-state index in [2.05, 4.69) is 15.5 Å². The van der Waals surface area contributed by atoms with Crippen LogP contribution in [-0.4, -0.2) is 32.3 Å². The number of nitrogens with one attached hydrogen (secondary N) is 1. The minimum atomic E-state index is -4.97. The lowest BCUT2D eigenvalue weighted by atomic mass is 9.97. The Labute approximate surface area is 130 Å². The summed E-state index contributed by atoms with van der Waals surface area (Å²) in [5.41, 5.74) is 0.119. The fourth-order valence-corrected chi connectivity index (χ4v) is 2.12. The van der Waals surface area contributed by atoms with E-state index in [1.54, 1.807) is 19.1 Å². The Hall–Kier alpha value is -2.45. The van der Waals surface area contributed by atoms with Crippen molar-refractivity contribution in [2.75, 3.05) is 0 Å². The maximum atomic E-state index is 12.6. The number of para-hydroxylation sites is 1. The second-order valence-electron chi connectivity index (χ2n) is 5.34. The van der Waals surface area contributed by atoms with E-state index < -0.39 is 17.6 Å². The number of rotatable bonds is 4. The fourth-order valence-electron chi connectivity index (χ4n) is 2.12. The number of alkyl halides is 3. The third kappa shape index (κ3) is 3.33. The molecule has 1 heterocycles. The summed E-state index contributed by atoms with van der Waals surface area (Å²) in [6, 6.07) is 7.17. The van der Waals surface area contributed by atoms with Gasteiger partial charge in [-0.05, 0) is 42.3 Å². The number of amides is 1. The summed E-state index contributed by atoms with van der Waals surface area (Å²) in [5.74, 6) is -1.90. The Kier molecular flexibility index (Phi) is 4.39. The zero-order valence-electron chi connectivity index (χ0n) is 12.8. The van der Waals surface area contributed by atoms with Crippen molar-refractivity contribution < 1.29 is 18.0 Å². The van der Waals surface area contributed by atoms with Crippen LogP contribution in [0.15, 0.2) is 24.3 Å². The molecule has 6 nitrogen and oxygen atoms in total. The van der Waals surface area contributed by atoms with Gasteiger partial charge < -0.3 is 5.32 Å². The van der Waals surface area contributed by atoms with Crippen LogP contribution in [-0.2, 0) is 10.3 Å². The van der Waals surface area contributed by atoms with Gasteiger partial charge in [0.2, 0.25) is 0 Å². The van der Waals surface area contributed by atoms with Crippen molar-refractivity contribution in [1.29, 1.82) is 0 Å². The predicted molar refractivity (Wildman–Crippen MR) is 75.7 cm³/mol. The van der Waals surface area contributed by atoms with Crippen LogP contribution in [0.5, 0.6) is 0 Å². The summed E-state index contributed by atoms with van der Waals surface area (Å²) in [5, 5.41) is 13.2. The first-order valence-corrected chi connectivity index (χ1v) is 6.93. The zero-order chi connectivity index (χ0) is 17.3. The van der Waals surface area contributed by atoms with Gasteiger partial charge in [0, 0.05) is 0 Å². The second kappa shape index (κ2) is 5.98. The van der Waals surface area contributed by atoms with E-state index in [0.717, 1.165) is 5.56 Å². The van der Waals surface area contributed by atoms with Crippen LogP contribution in [0.1, 0.15) is 31.7 Å². The van der Waals surface area contributed by atoms with E-state index in [1.165, 1.54) is 11.6 Å². The van der Waals surface area contributed by atoms with Gasteiger partial charge in [-0.3, -0.25) is 4.79 Å². The molecule has 0 saturated carbocycles. The van der Waals surface area contributed by atoms with E-state index in [9.17, 15) is 18.0 Å². The quantitative estimate of drug-likeness (QED) is 0.935. The monoisotopic (exact) mass is 327 g/mol. The number of tetrazole rings is 1. The number of carbonyl (C=O) groups is 1. The molecule has 0 saturated heterocycles. The van der Waals surface area contributed by atoms with Crippen LogP contribution in [0, 0.1) is 6.92 Å². The maximum Gasteiger partial charge on any atom is 0.471 e. The van der Waals surface area contributed by atoms with Gasteiger partial charge in [-0.25, -0.2) is 0 Å². The molecule has 1 N–H and O–H groups in total. The molecule has 0 bridgehead atoms. The minimum Gasteiger partial charge on any atom is -0.336 e. The Morgan fingerprint density at radius 3 is 2.52 bits per heavy atom. The average Bonchev–Trinajstić information content (AvgIpc) is 2.96. The summed E-state index contributed by atoms with van der Waals surface area (Å²) < 4.78 is 39.1. The van der Waals surface area contributed by atoms with Gasteiger partial charge in [0.15, 0.2) is 5.82 Å². The third-order valence-electron chi connectivity index (χ3n) is 3.66. The van der Waals surface area contributed by atoms with Gasteiger partial charge in [-0.15, -0.1) is 5.10 Å². The standard InChI is InChI=1S/C14H16F3N5O/c1-4-13(3,18-12(23)14(15,16)17)11-19-20-21-22(11)10-8-6-5-7-9(10)2/h5-8H,4H2,1-3H3,(H,18,23). The largest absolute Gasteiger partial charge is 0.471 e. The van der Waals surface area contributed by atoms with Gasteiger partial charge in [-0.1, -0.05) is 25.1 Å². The zero-order valence-corrected chi connectivity index (χ0v) is 12.8. The molecule has 9 heteroatoms. The Balaban J connectivity index is 2.46. The summed E-state index contributed by atoms with van der Waals surface area (Å²) >= 11 is 0. The molecule has 0 spiro atoms. The van der Waals surface area contributed by atoms with E-state index in [1.807, 2.05) is 24.4 Å². The first kappa shape index (κ1) is 16.9. The van der Waals surface area contributed by atoms with Crippen molar-refractivity contribution in [2.45, 2.75) is 38.9 Å². The lowest BCUT2D eigenvalue weighted by Gasteiger charge is -2.28. The smallest absolute Gasteiger partial charge is 0.336 e. The Bertz CT molecular complexity index is 712. The normalized spacial score (nSPS) is 14.3. The lowest BCUT2D eigenvalue weighted by Crippen LogP contribution is -2.50. The van der Waals surface area contributed by atoms with Crippen molar-refractivity contribution >= 4 is 5.91 Å². The Morgan fingerprint density at radius 1 is 1.30 bits per heavy atom. The van der Waals surface area contributed by atoms with Crippen molar-refractivity contribution in [2.24, 2.45) is 0 Å². The molecule has 0 aliphatic rings. The molecule has 2 rings (SSSR count). The van der Waals surface area contributed by atoms with Crippen LogP contribution < -0.4 is 5.32 Å². The summed E-state index contributed by atoms with van der Waals surface area (Å²) in [7, 11) is 0. The number of benzene rings is 1. The summed E-state index contributed by atoms with van der Waals surface area (Å²) in [4.78, 5) is 11.3. The van der Waals surface area contributed by atoms with Gasteiger partial charge in [0.05, 0.1) is 11.2 Å². The number of carbonyl (C=O) groups excluding carboxylic acids is 1. The second-order valence-corrected chi connectivity index (χ2v) is 5.34. The van der Waals surface area contributed by atoms with Crippen LogP contribution >= 0.6 is 0 Å². The molecular formula is C14H16F3N5O. The lowest BCUT2D eigenvalue weighted by molar-refractivity contribution is -0.175. The van der Waals surface area contributed by atoms with Crippen LogP contribution in [0.25, 0.3) is 5.69 Å². The molecule has 23 heavy (non-hydrogen) atoms. The van der Waals surface area contributed by atoms with Crippen LogP contribution in [0.3, 0.4) is 0 Å². The Morgan fingerprint density at radius 2 is 1.96 bits per heavy atom. The number of aromatic nitrogens is 4. The van der Waals surface area contributed by atoms with Crippen molar-refractivity contribution in [1.82, 2.24) is 25.5 Å². The highest BCUT2D eigenvalue weighted by molar-refractivity contribution is 5.82. The number of aryl methyl sites for hydroxylation is 1. The molecule has 0 aliphatic carbocycles. The average molecular weight is 327 g/mol. The molecule has 0 fully saturated rings. The molecule has 0 aliphatic heterocycles. The number of hydrogen-bond donors (Lipinski definition) is 1. The van der Waals surface area contributed by atoms with E-state index in [4.69, 9.17) is 0 Å². The van der Waals surface area contributed by atoms with E-state index in [0.29, 0.717) is 5.69 Å². The molecule has 1 atom stereocenters. The fraction of sp³-hybridized carbons (Fsp3) is 0.429. The minimum absolute atomic E-state index is 0.131. The summed E-state index contributed by atoms with van der Waals surface area (Å²) in [6.45, 7) is 4.93. The first-order chi connectivity index (χ1) is 10.7. The molecule has 124 valence electrons. The van der Waals surface area contributed by atoms with E-state index >= 15 is 0 Å². The van der Waals surface area contributed by atoms with Gasteiger partial charge in [-0.2, -0.15) is 17.9 Å². The molecule has 0 radical (unpaired) electrons. The van der Waals surface area contributed by atoms with Crippen molar-refractivity contribution in [3.05, 3.63) is 35.7 Å². The van der Waals surface area contributed by atoms with Crippen molar-refractivity contribution in [3.8, 4) is 5.69 Å². The molecule has 2 aromatic rings. The highest BCUT2D eigenvalue weighted by Crippen LogP contribution is 2.27. The van der Waals surface area contributed by atoms with E-state index in [-0.39, 0.29) is 12.2 Å². The van der Waals surface area contributed by atoms with Gasteiger partial charge in [0.1, 0.15) is 0 Å². The molecule has 1 aromatic carbocycles. The highest BCUT2D eigenvalue weighted by Gasteiger charge is 2.44. The molecular weight excluding hydrogens is 311 g/mol. The predicted octanol–water partition coefficient (Wildman–Crippen LogP) is 2.27. The first-order valence-electron chi connectivity index (χ1n) is 6.93. The number of nitrogens with zero attached hydrogens (tertiary/aromatic N) is 4. The highest BCUT2D eigenvalue weighted by atomic mass is 19.4. The summed E-state index contributed by atoms with van der Waals surface area (Å²) in [6.07, 6.45) is -4.79. The number of hydrogen-bond acceptors (Lipinski definition) is 4.